The standard InChI is InChI=1S/C19H22ClN3O/c20-17-8-4-5-15(13-17)14-22-9-11-23(12-10-22)18(19(21)24)16-6-2-1-3-7-16/h1-8,13,18H,9-12,14H2,(H2,21,24). The maximum absolute atomic E-state index is 12.0. The van der Waals surface area contributed by atoms with Crippen molar-refractivity contribution in [1.29, 1.82) is 0 Å². The molecule has 0 saturated carbocycles. The van der Waals surface area contributed by atoms with E-state index in [9.17, 15) is 4.79 Å². The third-order valence-electron chi connectivity index (χ3n) is 4.45. The van der Waals surface area contributed by atoms with E-state index in [0.29, 0.717) is 0 Å². The number of nitrogens with two attached hydrogens (primary N) is 1. The summed E-state index contributed by atoms with van der Waals surface area (Å²) in [6.07, 6.45) is 0. The van der Waals surface area contributed by atoms with Crippen molar-refractivity contribution in [3.05, 3.63) is 70.7 Å². The molecule has 3 rings (SSSR count). The van der Waals surface area contributed by atoms with E-state index in [-0.39, 0.29) is 11.9 Å². The first-order valence-corrected chi connectivity index (χ1v) is 8.56. The number of piperazine rings is 1. The Hall–Kier alpha value is -1.88. The number of carbonyl (C=O) groups is 1. The van der Waals surface area contributed by atoms with Gasteiger partial charge >= 0.3 is 0 Å². The smallest absolute Gasteiger partial charge is 0.239 e. The molecule has 2 aromatic carbocycles. The number of hydrogen-bond donors (Lipinski definition) is 1. The molecule has 1 aliphatic rings. The van der Waals surface area contributed by atoms with Crippen molar-refractivity contribution in [2.24, 2.45) is 5.73 Å². The lowest BCUT2D eigenvalue weighted by molar-refractivity contribution is -0.124. The van der Waals surface area contributed by atoms with Gasteiger partial charge in [-0.05, 0) is 23.3 Å². The Morgan fingerprint density at radius 2 is 1.75 bits per heavy atom. The molecule has 1 aliphatic heterocycles. The zero-order valence-corrected chi connectivity index (χ0v) is 14.3. The van der Waals surface area contributed by atoms with E-state index < -0.39 is 0 Å². The van der Waals surface area contributed by atoms with Crippen LogP contribution in [-0.4, -0.2) is 41.9 Å². The van der Waals surface area contributed by atoms with Crippen molar-refractivity contribution < 1.29 is 4.79 Å². The Balaban J connectivity index is 1.62. The fourth-order valence-electron chi connectivity index (χ4n) is 3.26. The van der Waals surface area contributed by atoms with E-state index >= 15 is 0 Å². The van der Waals surface area contributed by atoms with Crippen LogP contribution in [0.25, 0.3) is 0 Å². The number of nitrogens with zero attached hydrogens (tertiary/aromatic N) is 2. The van der Waals surface area contributed by atoms with Crippen LogP contribution in [0.5, 0.6) is 0 Å². The molecule has 5 heteroatoms. The van der Waals surface area contributed by atoms with E-state index in [4.69, 9.17) is 17.3 Å². The lowest BCUT2D eigenvalue weighted by atomic mass is 10.0. The SMILES string of the molecule is NC(=O)C(c1ccccc1)N1CCN(Cc2cccc(Cl)c2)CC1. The number of amides is 1. The first-order valence-electron chi connectivity index (χ1n) is 8.18. The average molecular weight is 344 g/mol. The number of benzene rings is 2. The second-order valence-corrected chi connectivity index (χ2v) is 6.59. The number of hydrogen-bond acceptors (Lipinski definition) is 3. The number of halogens is 1. The predicted molar refractivity (Wildman–Crippen MR) is 96.7 cm³/mol. The molecular weight excluding hydrogens is 322 g/mol. The minimum absolute atomic E-state index is 0.288. The van der Waals surface area contributed by atoms with E-state index in [1.165, 1.54) is 5.56 Å². The highest BCUT2D eigenvalue weighted by molar-refractivity contribution is 6.30. The summed E-state index contributed by atoms with van der Waals surface area (Å²) in [4.78, 5) is 16.5. The summed E-state index contributed by atoms with van der Waals surface area (Å²) in [5.74, 6) is -0.288. The van der Waals surface area contributed by atoms with Gasteiger partial charge in [-0.3, -0.25) is 14.6 Å². The Morgan fingerprint density at radius 1 is 1.04 bits per heavy atom. The van der Waals surface area contributed by atoms with Crippen LogP contribution < -0.4 is 5.73 Å². The maximum atomic E-state index is 12.0. The molecule has 0 bridgehead atoms. The van der Waals surface area contributed by atoms with E-state index in [1.54, 1.807) is 0 Å². The largest absolute Gasteiger partial charge is 0.368 e. The molecule has 1 heterocycles. The first kappa shape index (κ1) is 17.0. The van der Waals surface area contributed by atoms with Crippen LogP contribution >= 0.6 is 11.6 Å². The van der Waals surface area contributed by atoms with E-state index in [2.05, 4.69) is 15.9 Å². The zero-order valence-electron chi connectivity index (χ0n) is 13.6. The van der Waals surface area contributed by atoms with Crippen molar-refractivity contribution in [2.45, 2.75) is 12.6 Å². The van der Waals surface area contributed by atoms with Gasteiger partial charge in [0, 0.05) is 37.7 Å². The van der Waals surface area contributed by atoms with Crippen LogP contribution in [0.15, 0.2) is 54.6 Å². The van der Waals surface area contributed by atoms with Crippen molar-refractivity contribution in [3.63, 3.8) is 0 Å². The Bertz CT molecular complexity index is 684. The van der Waals surface area contributed by atoms with Crippen molar-refractivity contribution >= 4 is 17.5 Å². The minimum atomic E-state index is -0.348. The summed E-state index contributed by atoms with van der Waals surface area (Å²) in [5, 5.41) is 0.768. The predicted octanol–water partition coefficient (Wildman–Crippen LogP) is 2.68. The molecule has 1 saturated heterocycles. The molecule has 126 valence electrons. The van der Waals surface area contributed by atoms with Crippen molar-refractivity contribution in [1.82, 2.24) is 9.80 Å². The minimum Gasteiger partial charge on any atom is -0.368 e. The van der Waals surface area contributed by atoms with Crippen LogP contribution in [0, 0.1) is 0 Å². The Morgan fingerprint density at radius 3 is 2.38 bits per heavy atom. The molecular formula is C19H22ClN3O. The molecule has 0 aliphatic carbocycles. The maximum Gasteiger partial charge on any atom is 0.239 e. The van der Waals surface area contributed by atoms with Crippen LogP contribution in [0.3, 0.4) is 0 Å². The number of primary amides is 1. The van der Waals surface area contributed by atoms with Gasteiger partial charge in [0.15, 0.2) is 0 Å². The highest BCUT2D eigenvalue weighted by Gasteiger charge is 2.28. The zero-order chi connectivity index (χ0) is 16.9. The highest BCUT2D eigenvalue weighted by Crippen LogP contribution is 2.22. The summed E-state index contributed by atoms with van der Waals surface area (Å²) in [7, 11) is 0. The van der Waals surface area contributed by atoms with Crippen LogP contribution in [-0.2, 0) is 11.3 Å². The van der Waals surface area contributed by atoms with Gasteiger partial charge in [-0.2, -0.15) is 0 Å². The Labute approximate surface area is 147 Å². The molecule has 4 nitrogen and oxygen atoms in total. The van der Waals surface area contributed by atoms with Crippen molar-refractivity contribution in [2.75, 3.05) is 26.2 Å². The summed E-state index contributed by atoms with van der Waals surface area (Å²) in [6, 6.07) is 17.4. The fourth-order valence-corrected chi connectivity index (χ4v) is 3.48. The molecule has 2 aromatic rings. The molecule has 1 amide bonds. The molecule has 24 heavy (non-hydrogen) atoms. The molecule has 2 N–H and O–H groups in total. The Kier molecular flexibility index (Phi) is 5.51. The lowest BCUT2D eigenvalue weighted by Crippen LogP contribution is -2.49. The lowest BCUT2D eigenvalue weighted by Gasteiger charge is -2.38. The first-order chi connectivity index (χ1) is 11.6. The molecule has 1 unspecified atom stereocenters. The normalized spacial score (nSPS) is 17.5. The van der Waals surface area contributed by atoms with Crippen LogP contribution in [0.4, 0.5) is 0 Å². The van der Waals surface area contributed by atoms with Crippen molar-refractivity contribution in [3.8, 4) is 0 Å². The van der Waals surface area contributed by atoms with Gasteiger partial charge in [-0.1, -0.05) is 54.1 Å². The molecule has 1 fully saturated rings. The van der Waals surface area contributed by atoms with Gasteiger partial charge in [0.2, 0.25) is 5.91 Å². The van der Waals surface area contributed by atoms with Crippen LogP contribution in [0.2, 0.25) is 5.02 Å². The van der Waals surface area contributed by atoms with Gasteiger partial charge in [-0.25, -0.2) is 0 Å². The molecule has 0 aromatic heterocycles. The summed E-state index contributed by atoms with van der Waals surface area (Å²) in [5.41, 5.74) is 7.84. The summed E-state index contributed by atoms with van der Waals surface area (Å²) in [6.45, 7) is 4.33. The van der Waals surface area contributed by atoms with Crippen LogP contribution in [0.1, 0.15) is 17.2 Å². The number of carbonyl (C=O) groups excluding carboxylic acids is 1. The fraction of sp³-hybridized carbons (Fsp3) is 0.316. The molecule has 1 atom stereocenters. The van der Waals surface area contributed by atoms with Gasteiger partial charge in [0.1, 0.15) is 6.04 Å². The molecule has 0 spiro atoms. The topological polar surface area (TPSA) is 49.6 Å². The van der Waals surface area contributed by atoms with E-state index in [1.807, 2.05) is 48.5 Å². The third-order valence-corrected chi connectivity index (χ3v) is 4.69. The second-order valence-electron chi connectivity index (χ2n) is 6.16. The van der Waals surface area contributed by atoms with Gasteiger partial charge < -0.3 is 5.73 Å². The van der Waals surface area contributed by atoms with Gasteiger partial charge in [-0.15, -0.1) is 0 Å². The summed E-state index contributed by atoms with van der Waals surface area (Å²) >= 11 is 6.05. The second kappa shape index (κ2) is 7.79. The van der Waals surface area contributed by atoms with Gasteiger partial charge in [0.05, 0.1) is 0 Å². The average Bonchev–Trinajstić information content (AvgIpc) is 2.57. The molecule has 0 radical (unpaired) electrons. The number of rotatable bonds is 5. The third kappa shape index (κ3) is 4.15. The van der Waals surface area contributed by atoms with Gasteiger partial charge in [0.25, 0.3) is 0 Å². The monoisotopic (exact) mass is 343 g/mol. The van der Waals surface area contributed by atoms with E-state index in [0.717, 1.165) is 43.3 Å². The summed E-state index contributed by atoms with van der Waals surface area (Å²) < 4.78 is 0. The highest BCUT2D eigenvalue weighted by atomic mass is 35.5. The quantitative estimate of drug-likeness (QED) is 0.908.